The minimum atomic E-state index is -1.39. The summed E-state index contributed by atoms with van der Waals surface area (Å²) in [5, 5.41) is 11.1. The number of hydrogen-bond donors (Lipinski definition) is 3. The summed E-state index contributed by atoms with van der Waals surface area (Å²) in [7, 11) is 1.57. The Labute approximate surface area is 150 Å². The lowest BCUT2D eigenvalue weighted by molar-refractivity contribution is -0.151. The fraction of sp³-hybridized carbons (Fsp3) is 0.222. The Bertz CT molecular complexity index is 720. The van der Waals surface area contributed by atoms with Gasteiger partial charge in [0.2, 0.25) is 0 Å². The van der Waals surface area contributed by atoms with E-state index in [1.54, 1.807) is 49.6 Å². The highest BCUT2D eigenvalue weighted by molar-refractivity contribution is 5.81. The molecule has 8 heteroatoms. The number of carbonyl (C=O) groups is 2. The number of ether oxygens (including phenoxy) is 2. The van der Waals surface area contributed by atoms with Crippen LogP contribution in [0.1, 0.15) is 17.2 Å². The summed E-state index contributed by atoms with van der Waals surface area (Å²) in [5.41, 5.74) is 1.42. The molecule has 26 heavy (non-hydrogen) atoms. The van der Waals surface area contributed by atoms with E-state index in [9.17, 15) is 9.59 Å². The van der Waals surface area contributed by atoms with Crippen molar-refractivity contribution >= 4 is 12.1 Å². The molecule has 2 atom stereocenters. The normalized spacial score (nSPS) is 12.7. The average molecular weight is 360 g/mol. The molecule has 4 N–H and O–H groups in total. The van der Waals surface area contributed by atoms with Gasteiger partial charge in [0.05, 0.1) is 13.7 Å². The molecule has 8 nitrogen and oxygen atoms in total. The third-order valence-corrected chi connectivity index (χ3v) is 3.67. The zero-order chi connectivity index (χ0) is 18.9. The van der Waals surface area contributed by atoms with Crippen molar-refractivity contribution in [3.63, 3.8) is 0 Å². The Hall–Kier alpha value is -3.10. The number of methoxy groups -OCH3 is 1. The summed E-state index contributed by atoms with van der Waals surface area (Å²) in [6.07, 6.45) is -2.32. The predicted molar refractivity (Wildman–Crippen MR) is 92.2 cm³/mol. The molecule has 0 bridgehead atoms. The monoisotopic (exact) mass is 360 g/mol. The largest absolute Gasteiger partial charge is 0.497 e. The quantitative estimate of drug-likeness (QED) is 0.616. The fourth-order valence-electron chi connectivity index (χ4n) is 2.40. The van der Waals surface area contributed by atoms with Gasteiger partial charge in [0, 0.05) is 0 Å². The molecule has 0 radical (unpaired) electrons. The van der Waals surface area contributed by atoms with Crippen molar-refractivity contribution in [2.45, 2.75) is 18.8 Å². The standard InChI is InChI=1S/C18H20N2O6/c1-24-14-9-7-12(8-10-14)11-25-16(13-5-3-2-4-6-13)15(17(21)26-19)20-18(22)23/h2-10,15-16,20H,11,19H2,1H3,(H,22,23)/t15-,16+/m0/s1. The fourth-order valence-corrected chi connectivity index (χ4v) is 2.40. The molecular weight excluding hydrogens is 340 g/mol. The van der Waals surface area contributed by atoms with E-state index in [0.717, 1.165) is 5.56 Å². The maximum Gasteiger partial charge on any atom is 0.405 e. The van der Waals surface area contributed by atoms with Crippen LogP contribution < -0.4 is 16.0 Å². The van der Waals surface area contributed by atoms with Gasteiger partial charge in [0.15, 0.2) is 6.04 Å². The van der Waals surface area contributed by atoms with Crippen molar-refractivity contribution in [2.24, 2.45) is 5.90 Å². The van der Waals surface area contributed by atoms with E-state index in [0.29, 0.717) is 11.3 Å². The molecule has 2 aromatic carbocycles. The zero-order valence-electron chi connectivity index (χ0n) is 14.1. The van der Waals surface area contributed by atoms with E-state index in [4.69, 9.17) is 20.5 Å². The number of carboxylic acid groups (broad SMARTS) is 1. The minimum Gasteiger partial charge on any atom is -0.497 e. The molecular formula is C18H20N2O6. The lowest BCUT2D eigenvalue weighted by Crippen LogP contribution is -2.46. The first-order valence-electron chi connectivity index (χ1n) is 7.74. The number of hydrogen-bond acceptors (Lipinski definition) is 6. The summed E-state index contributed by atoms with van der Waals surface area (Å²) >= 11 is 0. The highest BCUT2D eigenvalue weighted by atomic mass is 16.7. The van der Waals surface area contributed by atoms with Crippen LogP contribution in [0.4, 0.5) is 4.79 Å². The molecule has 0 saturated carbocycles. The number of rotatable bonds is 8. The van der Waals surface area contributed by atoms with Gasteiger partial charge < -0.3 is 24.7 Å². The highest BCUT2D eigenvalue weighted by Crippen LogP contribution is 2.24. The summed E-state index contributed by atoms with van der Waals surface area (Å²) in [6, 6.07) is 14.6. The first kappa shape index (κ1) is 19.2. The maximum atomic E-state index is 12.0. The van der Waals surface area contributed by atoms with Gasteiger partial charge in [-0.25, -0.2) is 9.59 Å². The van der Waals surface area contributed by atoms with E-state index >= 15 is 0 Å². The molecule has 138 valence electrons. The Morgan fingerprint density at radius 2 is 1.77 bits per heavy atom. The van der Waals surface area contributed by atoms with Crippen LogP contribution >= 0.6 is 0 Å². The molecule has 0 saturated heterocycles. The van der Waals surface area contributed by atoms with Crippen LogP contribution in [0.5, 0.6) is 5.75 Å². The number of benzene rings is 2. The zero-order valence-corrected chi connectivity index (χ0v) is 14.1. The van der Waals surface area contributed by atoms with Crippen LogP contribution in [0.15, 0.2) is 54.6 Å². The molecule has 0 fully saturated rings. The molecule has 0 heterocycles. The van der Waals surface area contributed by atoms with E-state index in [2.05, 4.69) is 10.2 Å². The molecule has 2 aromatic rings. The molecule has 0 aliphatic rings. The van der Waals surface area contributed by atoms with Crippen molar-refractivity contribution in [3.8, 4) is 5.75 Å². The summed E-state index contributed by atoms with van der Waals surface area (Å²) in [5.74, 6) is 4.70. The van der Waals surface area contributed by atoms with E-state index in [1.165, 1.54) is 0 Å². The second kappa shape index (κ2) is 9.40. The molecule has 0 aliphatic heterocycles. The SMILES string of the molecule is COc1ccc(CO[C@H](c2ccccc2)[C@H](NC(=O)O)C(=O)ON)cc1. The number of carbonyl (C=O) groups excluding carboxylic acids is 1. The van der Waals surface area contributed by atoms with Crippen molar-refractivity contribution in [1.82, 2.24) is 5.32 Å². The van der Waals surface area contributed by atoms with Gasteiger partial charge in [-0.1, -0.05) is 42.5 Å². The van der Waals surface area contributed by atoms with Crippen molar-refractivity contribution in [2.75, 3.05) is 7.11 Å². The first-order chi connectivity index (χ1) is 12.5. The van der Waals surface area contributed by atoms with Crippen molar-refractivity contribution < 1.29 is 29.0 Å². The van der Waals surface area contributed by atoms with Crippen LogP contribution in [0.2, 0.25) is 0 Å². The number of nitrogens with one attached hydrogen (secondary N) is 1. The molecule has 0 aliphatic carbocycles. The highest BCUT2D eigenvalue weighted by Gasteiger charge is 2.33. The molecule has 1 amide bonds. The van der Waals surface area contributed by atoms with Crippen molar-refractivity contribution in [3.05, 3.63) is 65.7 Å². The second-order valence-corrected chi connectivity index (χ2v) is 5.35. The summed E-state index contributed by atoms with van der Waals surface area (Å²) in [6.45, 7) is 0.138. The summed E-state index contributed by atoms with van der Waals surface area (Å²) in [4.78, 5) is 27.3. The lowest BCUT2D eigenvalue weighted by Gasteiger charge is -2.25. The minimum absolute atomic E-state index is 0.138. The third-order valence-electron chi connectivity index (χ3n) is 3.67. The Balaban J connectivity index is 2.24. The smallest absolute Gasteiger partial charge is 0.405 e. The third kappa shape index (κ3) is 5.20. The number of amides is 1. The van der Waals surface area contributed by atoms with Crippen LogP contribution in [0.25, 0.3) is 0 Å². The van der Waals surface area contributed by atoms with Gasteiger partial charge >= 0.3 is 12.1 Å². The van der Waals surface area contributed by atoms with Crippen LogP contribution in [-0.4, -0.2) is 30.3 Å². The Morgan fingerprint density at radius 3 is 2.31 bits per heavy atom. The lowest BCUT2D eigenvalue weighted by atomic mass is 10.0. The maximum absolute atomic E-state index is 12.0. The Kier molecular flexibility index (Phi) is 6.95. The van der Waals surface area contributed by atoms with Crippen LogP contribution in [0, 0.1) is 0 Å². The van der Waals surface area contributed by atoms with Gasteiger partial charge in [-0.3, -0.25) is 0 Å². The average Bonchev–Trinajstić information content (AvgIpc) is 2.67. The van der Waals surface area contributed by atoms with E-state index < -0.39 is 24.2 Å². The first-order valence-corrected chi connectivity index (χ1v) is 7.74. The van der Waals surface area contributed by atoms with E-state index in [-0.39, 0.29) is 6.61 Å². The molecule has 2 rings (SSSR count). The summed E-state index contributed by atoms with van der Waals surface area (Å²) < 4.78 is 11.0. The van der Waals surface area contributed by atoms with Crippen LogP contribution in [0.3, 0.4) is 0 Å². The molecule has 0 spiro atoms. The molecule has 0 aromatic heterocycles. The predicted octanol–water partition coefficient (Wildman–Crippen LogP) is 2.01. The number of nitrogens with two attached hydrogens (primary N) is 1. The van der Waals surface area contributed by atoms with Crippen LogP contribution in [-0.2, 0) is 21.0 Å². The van der Waals surface area contributed by atoms with Crippen molar-refractivity contribution in [1.29, 1.82) is 0 Å². The topological polar surface area (TPSA) is 120 Å². The van der Waals surface area contributed by atoms with Gasteiger partial charge in [-0.2, -0.15) is 5.90 Å². The van der Waals surface area contributed by atoms with E-state index in [1.807, 2.05) is 12.1 Å². The van der Waals surface area contributed by atoms with Gasteiger partial charge in [-0.15, -0.1) is 0 Å². The Morgan fingerprint density at radius 1 is 1.12 bits per heavy atom. The molecule has 0 unspecified atom stereocenters. The van der Waals surface area contributed by atoms with Gasteiger partial charge in [0.25, 0.3) is 0 Å². The van der Waals surface area contributed by atoms with Gasteiger partial charge in [-0.05, 0) is 23.3 Å². The second-order valence-electron chi connectivity index (χ2n) is 5.35. The van der Waals surface area contributed by atoms with Gasteiger partial charge in [0.1, 0.15) is 11.9 Å².